The van der Waals surface area contributed by atoms with E-state index in [1.807, 2.05) is 0 Å². The minimum absolute atomic E-state index is 0. The van der Waals surface area contributed by atoms with Crippen LogP contribution < -0.4 is 5.73 Å². The van der Waals surface area contributed by atoms with E-state index in [9.17, 15) is 14.0 Å². The minimum Gasteiger partial charge on any atom is -0.399 e. The predicted molar refractivity (Wildman–Crippen MR) is 101 cm³/mol. The summed E-state index contributed by atoms with van der Waals surface area (Å²) in [4.78, 5) is 28.5. The van der Waals surface area contributed by atoms with Crippen molar-refractivity contribution >= 4 is 29.9 Å². The second-order valence-electron chi connectivity index (χ2n) is 6.07. The first-order valence-corrected chi connectivity index (χ1v) is 8.24. The Bertz CT molecular complexity index is 783. The molecule has 2 N–H and O–H groups in total. The zero-order valence-corrected chi connectivity index (χ0v) is 15.0. The number of nitrogens with two attached hydrogens (primary N) is 1. The zero-order valence-electron chi connectivity index (χ0n) is 14.2. The van der Waals surface area contributed by atoms with Crippen LogP contribution in [-0.2, 0) is 0 Å². The van der Waals surface area contributed by atoms with Gasteiger partial charge in [-0.2, -0.15) is 0 Å². The molecule has 3 rings (SSSR count). The van der Waals surface area contributed by atoms with Crippen molar-refractivity contribution in [3.05, 3.63) is 65.5 Å². The molecule has 0 saturated carbocycles. The van der Waals surface area contributed by atoms with Crippen LogP contribution in [0.5, 0.6) is 0 Å². The van der Waals surface area contributed by atoms with Gasteiger partial charge in [-0.1, -0.05) is 6.07 Å². The van der Waals surface area contributed by atoms with Crippen LogP contribution in [0.1, 0.15) is 27.1 Å². The van der Waals surface area contributed by atoms with Crippen molar-refractivity contribution in [1.29, 1.82) is 0 Å². The highest BCUT2D eigenvalue weighted by Gasteiger charge is 2.23. The van der Waals surface area contributed by atoms with E-state index in [0.29, 0.717) is 49.4 Å². The normalized spacial score (nSPS) is 14.3. The van der Waals surface area contributed by atoms with Crippen LogP contribution in [0.15, 0.2) is 48.5 Å². The lowest BCUT2D eigenvalue weighted by atomic mass is 10.2. The average molecular weight is 378 g/mol. The smallest absolute Gasteiger partial charge is 0.254 e. The van der Waals surface area contributed by atoms with Crippen LogP contribution in [0.3, 0.4) is 0 Å². The van der Waals surface area contributed by atoms with E-state index in [2.05, 4.69) is 0 Å². The summed E-state index contributed by atoms with van der Waals surface area (Å²) in [6.45, 7) is 2.00. The summed E-state index contributed by atoms with van der Waals surface area (Å²) in [6, 6.07) is 12.5. The first-order valence-electron chi connectivity index (χ1n) is 8.24. The average Bonchev–Trinajstić information content (AvgIpc) is 2.87. The van der Waals surface area contributed by atoms with Gasteiger partial charge in [0.2, 0.25) is 0 Å². The van der Waals surface area contributed by atoms with Gasteiger partial charge in [-0.3, -0.25) is 9.59 Å². The fourth-order valence-corrected chi connectivity index (χ4v) is 2.94. The maximum Gasteiger partial charge on any atom is 0.254 e. The first-order chi connectivity index (χ1) is 12.0. The van der Waals surface area contributed by atoms with E-state index >= 15 is 0 Å². The number of carbonyl (C=O) groups is 2. The van der Waals surface area contributed by atoms with Gasteiger partial charge < -0.3 is 15.5 Å². The summed E-state index contributed by atoms with van der Waals surface area (Å²) in [5.74, 6) is -0.706. The quantitative estimate of drug-likeness (QED) is 0.818. The van der Waals surface area contributed by atoms with Gasteiger partial charge in [0, 0.05) is 43.0 Å². The highest BCUT2D eigenvalue weighted by atomic mass is 35.5. The monoisotopic (exact) mass is 377 g/mol. The molecule has 0 radical (unpaired) electrons. The van der Waals surface area contributed by atoms with Crippen molar-refractivity contribution in [2.75, 3.05) is 31.9 Å². The highest BCUT2D eigenvalue weighted by Crippen LogP contribution is 2.14. The SMILES string of the molecule is Cl.Nc1ccc(C(=O)N2CCCN(C(=O)c3cccc(F)c3)CC2)cc1. The molecule has 1 aliphatic heterocycles. The summed E-state index contributed by atoms with van der Waals surface area (Å²) < 4.78 is 13.3. The topological polar surface area (TPSA) is 66.6 Å². The molecule has 0 aliphatic carbocycles. The second-order valence-corrected chi connectivity index (χ2v) is 6.07. The Morgan fingerprint density at radius 3 is 2.00 bits per heavy atom. The molecule has 1 saturated heterocycles. The van der Waals surface area contributed by atoms with E-state index < -0.39 is 5.82 Å². The number of hydrogen-bond donors (Lipinski definition) is 1. The van der Waals surface area contributed by atoms with Gasteiger partial charge >= 0.3 is 0 Å². The summed E-state index contributed by atoms with van der Waals surface area (Å²) >= 11 is 0. The number of nitrogen functional groups attached to an aromatic ring is 1. The third-order valence-corrected chi connectivity index (χ3v) is 4.30. The molecule has 2 amide bonds. The van der Waals surface area contributed by atoms with Crippen molar-refractivity contribution in [1.82, 2.24) is 9.80 Å². The molecule has 5 nitrogen and oxygen atoms in total. The van der Waals surface area contributed by atoms with E-state index in [1.165, 1.54) is 18.2 Å². The van der Waals surface area contributed by atoms with E-state index in [1.54, 1.807) is 40.1 Å². The van der Waals surface area contributed by atoms with E-state index in [4.69, 9.17) is 5.73 Å². The Morgan fingerprint density at radius 1 is 0.846 bits per heavy atom. The van der Waals surface area contributed by atoms with Gasteiger partial charge in [0.05, 0.1) is 0 Å². The van der Waals surface area contributed by atoms with E-state index in [0.717, 1.165) is 0 Å². The molecule has 2 aromatic carbocycles. The number of anilines is 1. The zero-order chi connectivity index (χ0) is 17.8. The molecule has 1 fully saturated rings. The molecule has 0 spiro atoms. The third kappa shape index (κ3) is 4.52. The first kappa shape index (κ1) is 19.7. The maximum atomic E-state index is 13.3. The standard InChI is InChI=1S/C19H20FN3O2.ClH/c20-16-4-1-3-15(13-16)19(25)23-10-2-9-22(11-12-23)18(24)14-5-7-17(21)8-6-14;/h1,3-8,13H,2,9-12,21H2;1H. The lowest BCUT2D eigenvalue weighted by Crippen LogP contribution is -2.37. The summed E-state index contributed by atoms with van der Waals surface area (Å²) in [5, 5.41) is 0. The largest absolute Gasteiger partial charge is 0.399 e. The molecule has 2 aromatic rings. The van der Waals surface area contributed by atoms with Crippen LogP contribution in [0, 0.1) is 5.82 Å². The van der Waals surface area contributed by atoms with Crippen molar-refractivity contribution in [2.45, 2.75) is 6.42 Å². The molecule has 0 unspecified atom stereocenters. The van der Waals surface area contributed by atoms with Crippen LogP contribution in [0.25, 0.3) is 0 Å². The molecule has 0 bridgehead atoms. The highest BCUT2D eigenvalue weighted by molar-refractivity contribution is 5.95. The van der Waals surface area contributed by atoms with Crippen molar-refractivity contribution < 1.29 is 14.0 Å². The number of carbonyl (C=O) groups excluding carboxylic acids is 2. The van der Waals surface area contributed by atoms with Gasteiger partial charge in [0.25, 0.3) is 11.8 Å². The third-order valence-electron chi connectivity index (χ3n) is 4.30. The Kier molecular flexibility index (Phi) is 6.58. The Morgan fingerprint density at radius 2 is 1.42 bits per heavy atom. The maximum absolute atomic E-state index is 13.3. The fraction of sp³-hybridized carbons (Fsp3) is 0.263. The number of halogens is 2. The summed E-state index contributed by atoms with van der Waals surface area (Å²) in [5.41, 5.74) is 7.18. The van der Waals surface area contributed by atoms with Gasteiger partial charge in [0.15, 0.2) is 0 Å². The van der Waals surface area contributed by atoms with Gasteiger partial charge in [-0.15, -0.1) is 12.4 Å². The number of amides is 2. The summed E-state index contributed by atoms with van der Waals surface area (Å²) in [6.07, 6.45) is 0.682. The molecule has 1 aliphatic rings. The molecular formula is C19H21ClFN3O2. The predicted octanol–water partition coefficient (Wildman–Crippen LogP) is 2.82. The van der Waals surface area contributed by atoms with E-state index in [-0.39, 0.29) is 24.2 Å². The van der Waals surface area contributed by atoms with Crippen molar-refractivity contribution in [3.8, 4) is 0 Å². The Balaban J connectivity index is 0.00000243. The fourth-order valence-electron chi connectivity index (χ4n) is 2.94. The van der Waals surface area contributed by atoms with Gasteiger partial charge in [0.1, 0.15) is 5.82 Å². The Labute approximate surface area is 158 Å². The van der Waals surface area contributed by atoms with Crippen LogP contribution in [0.2, 0.25) is 0 Å². The minimum atomic E-state index is -0.430. The van der Waals surface area contributed by atoms with Gasteiger partial charge in [-0.25, -0.2) is 4.39 Å². The lowest BCUT2D eigenvalue weighted by molar-refractivity contribution is 0.0718. The number of benzene rings is 2. The van der Waals surface area contributed by atoms with Crippen LogP contribution in [0.4, 0.5) is 10.1 Å². The molecule has 0 atom stereocenters. The molecule has 1 heterocycles. The molecular weight excluding hydrogens is 357 g/mol. The summed E-state index contributed by atoms with van der Waals surface area (Å²) in [7, 11) is 0. The lowest BCUT2D eigenvalue weighted by Gasteiger charge is -2.22. The number of rotatable bonds is 2. The van der Waals surface area contributed by atoms with Crippen molar-refractivity contribution in [2.24, 2.45) is 0 Å². The number of hydrogen-bond acceptors (Lipinski definition) is 3. The molecule has 138 valence electrons. The second kappa shape index (κ2) is 8.67. The van der Waals surface area contributed by atoms with Crippen LogP contribution in [-0.4, -0.2) is 47.8 Å². The van der Waals surface area contributed by atoms with Gasteiger partial charge in [-0.05, 0) is 48.9 Å². The molecule has 7 heteroatoms. The van der Waals surface area contributed by atoms with Crippen LogP contribution >= 0.6 is 12.4 Å². The Hall–Kier alpha value is -2.60. The number of nitrogens with zero attached hydrogens (tertiary/aromatic N) is 2. The molecule has 0 aromatic heterocycles. The van der Waals surface area contributed by atoms with Crippen molar-refractivity contribution in [3.63, 3.8) is 0 Å². The molecule has 26 heavy (non-hydrogen) atoms.